The molecule has 0 bridgehead atoms. The summed E-state index contributed by atoms with van der Waals surface area (Å²) in [5.41, 5.74) is -0.470. The molecular weight excluding hydrogens is 285 g/mol. The predicted octanol–water partition coefficient (Wildman–Crippen LogP) is 2.53. The Balaban J connectivity index is 2.54. The van der Waals surface area contributed by atoms with Gasteiger partial charge in [-0.3, -0.25) is 4.79 Å². The second-order valence-electron chi connectivity index (χ2n) is 4.80. The van der Waals surface area contributed by atoms with Crippen LogP contribution >= 0.6 is 11.6 Å². The Morgan fingerprint density at radius 2 is 2.25 bits per heavy atom. The van der Waals surface area contributed by atoms with Gasteiger partial charge in [-0.25, -0.2) is 4.39 Å². The molecule has 1 atom stereocenters. The zero-order valence-electron chi connectivity index (χ0n) is 11.6. The van der Waals surface area contributed by atoms with Gasteiger partial charge in [0.1, 0.15) is 11.6 Å². The number of hydrogen-bond donors (Lipinski definition) is 2. The molecule has 1 aromatic rings. The maximum atomic E-state index is 12.9. The van der Waals surface area contributed by atoms with Crippen LogP contribution in [0.2, 0.25) is 5.02 Å². The Hall–Kier alpha value is -1.33. The van der Waals surface area contributed by atoms with Gasteiger partial charge in [-0.15, -0.1) is 0 Å². The molecule has 1 aromatic carbocycles. The average Bonchev–Trinajstić information content (AvgIpc) is 2.38. The summed E-state index contributed by atoms with van der Waals surface area (Å²) < 4.78 is 18.1. The number of rotatable bonds is 7. The first-order chi connectivity index (χ1) is 9.40. The largest absolute Gasteiger partial charge is 0.482 e. The summed E-state index contributed by atoms with van der Waals surface area (Å²) in [5, 5.41) is 11.9. The molecule has 20 heavy (non-hydrogen) atoms. The van der Waals surface area contributed by atoms with Crippen molar-refractivity contribution in [1.29, 1.82) is 0 Å². The molecule has 6 heteroatoms. The zero-order valence-corrected chi connectivity index (χ0v) is 12.3. The van der Waals surface area contributed by atoms with Crippen molar-refractivity contribution in [3.63, 3.8) is 0 Å². The number of ether oxygens (including phenoxy) is 1. The van der Waals surface area contributed by atoms with E-state index in [-0.39, 0.29) is 29.9 Å². The van der Waals surface area contributed by atoms with Crippen LogP contribution in [0.1, 0.15) is 26.7 Å². The van der Waals surface area contributed by atoms with Crippen LogP contribution in [0.15, 0.2) is 18.2 Å². The summed E-state index contributed by atoms with van der Waals surface area (Å²) in [6.45, 7) is 3.56. The first kappa shape index (κ1) is 16.7. The lowest BCUT2D eigenvalue weighted by Gasteiger charge is -2.28. The van der Waals surface area contributed by atoms with Crippen LogP contribution in [0.5, 0.6) is 5.75 Å². The van der Waals surface area contributed by atoms with Gasteiger partial charge in [-0.05, 0) is 38.0 Å². The molecule has 0 spiro atoms. The molecule has 0 saturated carbocycles. The van der Waals surface area contributed by atoms with E-state index in [9.17, 15) is 9.18 Å². The summed E-state index contributed by atoms with van der Waals surface area (Å²) in [5.74, 6) is -0.528. The first-order valence-electron chi connectivity index (χ1n) is 6.40. The second-order valence-corrected chi connectivity index (χ2v) is 5.21. The number of aliphatic hydroxyl groups is 1. The normalized spacial score (nSPS) is 13.7. The molecule has 0 radical (unpaired) electrons. The molecular formula is C14H19ClFNO3. The van der Waals surface area contributed by atoms with E-state index in [1.165, 1.54) is 12.1 Å². The maximum absolute atomic E-state index is 12.9. The van der Waals surface area contributed by atoms with E-state index in [1.807, 2.05) is 13.8 Å². The Bertz CT molecular complexity index is 470. The van der Waals surface area contributed by atoms with Gasteiger partial charge in [0, 0.05) is 12.1 Å². The topological polar surface area (TPSA) is 58.6 Å². The quantitative estimate of drug-likeness (QED) is 0.814. The van der Waals surface area contributed by atoms with Crippen molar-refractivity contribution in [3.8, 4) is 5.75 Å². The standard InChI is InChI=1S/C14H19ClFNO3/c1-3-14(2,6-7-18)17-13(19)9-20-12-5-4-10(16)8-11(12)15/h4-5,8,18H,3,6-7,9H2,1-2H3,(H,17,19). The summed E-state index contributed by atoms with van der Waals surface area (Å²) in [6, 6.07) is 3.70. The van der Waals surface area contributed by atoms with Crippen LogP contribution in [0, 0.1) is 5.82 Å². The molecule has 0 saturated heterocycles. The zero-order chi connectivity index (χ0) is 15.2. The maximum Gasteiger partial charge on any atom is 0.258 e. The monoisotopic (exact) mass is 303 g/mol. The van der Waals surface area contributed by atoms with Gasteiger partial charge in [0.05, 0.1) is 5.02 Å². The highest BCUT2D eigenvalue weighted by molar-refractivity contribution is 6.32. The number of halogens is 2. The van der Waals surface area contributed by atoms with Crippen LogP contribution in [-0.2, 0) is 4.79 Å². The van der Waals surface area contributed by atoms with E-state index in [1.54, 1.807) is 0 Å². The third-order valence-electron chi connectivity index (χ3n) is 3.14. The number of aliphatic hydroxyl groups excluding tert-OH is 1. The lowest BCUT2D eigenvalue weighted by atomic mass is 9.95. The molecule has 1 unspecified atom stereocenters. The predicted molar refractivity (Wildman–Crippen MR) is 75.4 cm³/mol. The van der Waals surface area contributed by atoms with Crippen LogP contribution < -0.4 is 10.1 Å². The number of carbonyl (C=O) groups is 1. The van der Waals surface area contributed by atoms with E-state index < -0.39 is 11.4 Å². The van der Waals surface area contributed by atoms with Crippen molar-refractivity contribution in [2.45, 2.75) is 32.2 Å². The van der Waals surface area contributed by atoms with Gasteiger partial charge in [0.15, 0.2) is 6.61 Å². The molecule has 4 nitrogen and oxygen atoms in total. The van der Waals surface area contributed by atoms with Gasteiger partial charge >= 0.3 is 0 Å². The Morgan fingerprint density at radius 1 is 1.55 bits per heavy atom. The Kier molecular flexibility index (Phi) is 6.23. The minimum atomic E-state index is -0.470. The third-order valence-corrected chi connectivity index (χ3v) is 3.43. The van der Waals surface area contributed by atoms with Gasteiger partial charge in [0.25, 0.3) is 5.91 Å². The van der Waals surface area contributed by atoms with Crippen molar-refractivity contribution in [2.75, 3.05) is 13.2 Å². The van der Waals surface area contributed by atoms with E-state index >= 15 is 0 Å². The van der Waals surface area contributed by atoms with Crippen molar-refractivity contribution >= 4 is 17.5 Å². The van der Waals surface area contributed by atoms with Gasteiger partial charge in [0.2, 0.25) is 0 Å². The summed E-state index contributed by atoms with van der Waals surface area (Å²) in [7, 11) is 0. The Morgan fingerprint density at radius 3 is 2.80 bits per heavy atom. The average molecular weight is 304 g/mol. The van der Waals surface area contributed by atoms with Crippen molar-refractivity contribution < 1.29 is 19.0 Å². The summed E-state index contributed by atoms with van der Waals surface area (Å²) in [6.07, 6.45) is 1.16. The molecule has 1 amide bonds. The van der Waals surface area contributed by atoms with Gasteiger partial charge < -0.3 is 15.2 Å². The number of benzene rings is 1. The molecule has 0 aliphatic rings. The third kappa shape index (κ3) is 4.98. The van der Waals surface area contributed by atoms with E-state index in [0.29, 0.717) is 12.8 Å². The van der Waals surface area contributed by atoms with Crippen LogP contribution in [-0.4, -0.2) is 29.8 Å². The second kappa shape index (κ2) is 7.45. The number of hydrogen-bond acceptors (Lipinski definition) is 3. The first-order valence-corrected chi connectivity index (χ1v) is 6.77. The van der Waals surface area contributed by atoms with E-state index in [4.69, 9.17) is 21.4 Å². The van der Waals surface area contributed by atoms with Crippen LogP contribution in [0.3, 0.4) is 0 Å². The number of amides is 1. The van der Waals surface area contributed by atoms with Crippen molar-refractivity contribution in [2.24, 2.45) is 0 Å². The Labute approximate surface area is 122 Å². The molecule has 0 aromatic heterocycles. The molecule has 112 valence electrons. The molecule has 0 aliphatic heterocycles. The highest BCUT2D eigenvalue weighted by atomic mass is 35.5. The molecule has 0 heterocycles. The fourth-order valence-corrected chi connectivity index (χ4v) is 1.90. The molecule has 0 aliphatic carbocycles. The number of nitrogens with one attached hydrogen (secondary N) is 1. The smallest absolute Gasteiger partial charge is 0.258 e. The number of carbonyl (C=O) groups excluding carboxylic acids is 1. The lowest BCUT2D eigenvalue weighted by molar-refractivity contribution is -0.125. The minimum absolute atomic E-state index is 0.00470. The summed E-state index contributed by atoms with van der Waals surface area (Å²) in [4.78, 5) is 11.8. The van der Waals surface area contributed by atoms with Crippen molar-refractivity contribution in [3.05, 3.63) is 29.0 Å². The van der Waals surface area contributed by atoms with Gasteiger partial charge in [-0.1, -0.05) is 18.5 Å². The minimum Gasteiger partial charge on any atom is -0.482 e. The fourth-order valence-electron chi connectivity index (χ4n) is 1.68. The molecule has 1 rings (SSSR count). The lowest BCUT2D eigenvalue weighted by Crippen LogP contribution is -2.47. The summed E-state index contributed by atoms with van der Waals surface area (Å²) >= 11 is 5.79. The van der Waals surface area contributed by atoms with E-state index in [2.05, 4.69) is 5.32 Å². The highest BCUT2D eigenvalue weighted by Crippen LogP contribution is 2.24. The van der Waals surface area contributed by atoms with E-state index in [0.717, 1.165) is 6.07 Å². The SMILES string of the molecule is CCC(C)(CCO)NC(=O)COc1ccc(F)cc1Cl. The fraction of sp³-hybridized carbons (Fsp3) is 0.500. The van der Waals surface area contributed by atoms with Crippen molar-refractivity contribution in [1.82, 2.24) is 5.32 Å². The molecule has 2 N–H and O–H groups in total. The van der Waals surface area contributed by atoms with Crippen LogP contribution in [0.4, 0.5) is 4.39 Å². The molecule has 0 fully saturated rings. The highest BCUT2D eigenvalue weighted by Gasteiger charge is 2.23. The van der Waals surface area contributed by atoms with Crippen LogP contribution in [0.25, 0.3) is 0 Å². The van der Waals surface area contributed by atoms with Gasteiger partial charge in [-0.2, -0.15) is 0 Å².